The fourth-order valence-corrected chi connectivity index (χ4v) is 3.05. The van der Waals surface area contributed by atoms with Gasteiger partial charge in [-0.15, -0.1) is 0 Å². The van der Waals surface area contributed by atoms with Crippen LogP contribution >= 0.6 is 0 Å². The third-order valence-corrected chi connectivity index (χ3v) is 4.47. The summed E-state index contributed by atoms with van der Waals surface area (Å²) in [7, 11) is 0. The third kappa shape index (κ3) is 3.50. The lowest BCUT2D eigenvalue weighted by Gasteiger charge is -2.27. The molecule has 1 aliphatic carbocycles. The predicted octanol–water partition coefficient (Wildman–Crippen LogP) is 1.14. The quantitative estimate of drug-likeness (QED) is 0.903. The first-order chi connectivity index (χ1) is 10.6. The molecule has 0 aromatic carbocycles. The van der Waals surface area contributed by atoms with Crippen molar-refractivity contribution in [2.75, 3.05) is 26.3 Å². The molecule has 0 saturated carbocycles. The molecular formula is C16H25N3O3. The first-order valence-corrected chi connectivity index (χ1v) is 8.20. The van der Waals surface area contributed by atoms with Crippen molar-refractivity contribution in [1.82, 2.24) is 15.4 Å². The summed E-state index contributed by atoms with van der Waals surface area (Å²) < 4.78 is 10.9. The largest absolute Gasteiger partial charge is 0.379 e. The van der Waals surface area contributed by atoms with Gasteiger partial charge in [0, 0.05) is 43.6 Å². The molecular weight excluding hydrogens is 282 g/mol. The number of hydrogen-bond donors (Lipinski definition) is 1. The van der Waals surface area contributed by atoms with Crippen molar-refractivity contribution in [1.29, 1.82) is 0 Å². The Morgan fingerprint density at radius 3 is 2.91 bits per heavy atom. The Kier molecular flexibility index (Phi) is 4.78. The molecule has 6 heteroatoms. The molecule has 1 aliphatic heterocycles. The van der Waals surface area contributed by atoms with Gasteiger partial charge in [-0.2, -0.15) is 0 Å². The summed E-state index contributed by atoms with van der Waals surface area (Å²) >= 11 is 0. The lowest BCUT2D eigenvalue weighted by molar-refractivity contribution is -0.124. The molecule has 1 aromatic heterocycles. The van der Waals surface area contributed by atoms with Gasteiger partial charge in [-0.25, -0.2) is 0 Å². The number of aromatic nitrogens is 1. The van der Waals surface area contributed by atoms with E-state index in [1.807, 2.05) is 13.8 Å². The molecule has 1 aromatic rings. The van der Waals surface area contributed by atoms with Crippen LogP contribution in [0.15, 0.2) is 4.52 Å². The Hall–Kier alpha value is -1.40. The number of amides is 1. The third-order valence-electron chi connectivity index (χ3n) is 4.47. The molecule has 1 N–H and O–H groups in total. The molecule has 122 valence electrons. The zero-order chi connectivity index (χ0) is 15.5. The van der Waals surface area contributed by atoms with Crippen molar-refractivity contribution < 1.29 is 14.1 Å². The summed E-state index contributed by atoms with van der Waals surface area (Å²) in [6, 6.07) is 0.199. The lowest BCUT2D eigenvalue weighted by Crippen LogP contribution is -2.41. The van der Waals surface area contributed by atoms with Crippen LogP contribution in [-0.4, -0.2) is 48.3 Å². The van der Waals surface area contributed by atoms with Crippen LogP contribution in [0, 0.1) is 5.92 Å². The average molecular weight is 307 g/mol. The maximum Gasteiger partial charge on any atom is 0.222 e. The summed E-state index contributed by atoms with van der Waals surface area (Å²) in [5.74, 6) is 1.15. The van der Waals surface area contributed by atoms with Crippen LogP contribution < -0.4 is 5.32 Å². The van der Waals surface area contributed by atoms with Gasteiger partial charge in [-0.05, 0) is 12.8 Å². The summed E-state index contributed by atoms with van der Waals surface area (Å²) in [5, 5.41) is 7.41. The second-order valence-corrected chi connectivity index (χ2v) is 6.52. The van der Waals surface area contributed by atoms with E-state index in [1.165, 1.54) is 5.56 Å². The molecule has 3 rings (SSSR count). The van der Waals surface area contributed by atoms with Crippen molar-refractivity contribution in [2.45, 2.75) is 45.7 Å². The Morgan fingerprint density at radius 1 is 1.41 bits per heavy atom. The van der Waals surface area contributed by atoms with Gasteiger partial charge in [0.25, 0.3) is 0 Å². The van der Waals surface area contributed by atoms with Crippen LogP contribution in [0.5, 0.6) is 0 Å². The van der Waals surface area contributed by atoms with Crippen molar-refractivity contribution >= 4 is 5.91 Å². The van der Waals surface area contributed by atoms with E-state index in [0.29, 0.717) is 0 Å². The van der Waals surface area contributed by atoms with Crippen molar-refractivity contribution in [3.8, 4) is 0 Å². The fraction of sp³-hybridized carbons (Fsp3) is 0.750. The molecule has 0 bridgehead atoms. The second kappa shape index (κ2) is 6.79. The van der Waals surface area contributed by atoms with Crippen LogP contribution in [0.3, 0.4) is 0 Å². The molecule has 1 saturated heterocycles. The summed E-state index contributed by atoms with van der Waals surface area (Å²) in [4.78, 5) is 14.2. The number of ether oxygens (including phenoxy) is 1. The van der Waals surface area contributed by atoms with E-state index in [2.05, 4.69) is 15.4 Å². The average Bonchev–Trinajstić information content (AvgIpc) is 2.91. The van der Waals surface area contributed by atoms with E-state index in [4.69, 9.17) is 9.26 Å². The number of hydrogen-bond acceptors (Lipinski definition) is 5. The van der Waals surface area contributed by atoms with Gasteiger partial charge in [0.2, 0.25) is 5.91 Å². The zero-order valence-corrected chi connectivity index (χ0v) is 13.4. The standard InChI is InChI=1S/C16H25N3O3/c1-11(2)16(20)17-12-3-4-15-13(9-12)14(18-22-15)10-19-5-7-21-8-6-19/h11-12H,3-10H2,1-2H3,(H,17,20). The van der Waals surface area contributed by atoms with Gasteiger partial charge in [-0.3, -0.25) is 9.69 Å². The highest BCUT2D eigenvalue weighted by Crippen LogP contribution is 2.26. The number of nitrogens with zero attached hydrogens (tertiary/aromatic N) is 2. The first kappa shape index (κ1) is 15.5. The Bertz CT molecular complexity index is 521. The number of carbonyl (C=O) groups is 1. The van der Waals surface area contributed by atoms with E-state index in [9.17, 15) is 4.79 Å². The zero-order valence-electron chi connectivity index (χ0n) is 13.4. The second-order valence-electron chi connectivity index (χ2n) is 6.52. The maximum absolute atomic E-state index is 11.9. The van der Waals surface area contributed by atoms with Crippen LogP contribution in [-0.2, 0) is 28.9 Å². The molecule has 1 amide bonds. The van der Waals surface area contributed by atoms with Gasteiger partial charge in [0.05, 0.1) is 13.2 Å². The molecule has 22 heavy (non-hydrogen) atoms. The minimum Gasteiger partial charge on any atom is -0.379 e. The SMILES string of the molecule is CC(C)C(=O)NC1CCc2onc(CN3CCOCC3)c2C1. The van der Waals surface area contributed by atoms with Crippen molar-refractivity contribution in [2.24, 2.45) is 5.92 Å². The van der Waals surface area contributed by atoms with Gasteiger partial charge < -0.3 is 14.6 Å². The molecule has 1 fully saturated rings. The van der Waals surface area contributed by atoms with E-state index < -0.39 is 0 Å². The molecule has 0 radical (unpaired) electrons. The van der Waals surface area contributed by atoms with Gasteiger partial charge in [-0.1, -0.05) is 19.0 Å². The number of aryl methyl sites for hydroxylation is 1. The summed E-state index contributed by atoms with van der Waals surface area (Å²) in [6.45, 7) is 8.11. The molecule has 2 aliphatic rings. The summed E-state index contributed by atoms with van der Waals surface area (Å²) in [6.07, 6.45) is 2.61. The topological polar surface area (TPSA) is 67.6 Å². The van der Waals surface area contributed by atoms with Gasteiger partial charge in [0.15, 0.2) is 0 Å². The monoisotopic (exact) mass is 307 g/mol. The number of morpholine rings is 1. The molecule has 6 nitrogen and oxygen atoms in total. The summed E-state index contributed by atoms with van der Waals surface area (Å²) in [5.41, 5.74) is 2.23. The van der Waals surface area contributed by atoms with E-state index in [0.717, 1.165) is 63.6 Å². The minimum absolute atomic E-state index is 0.0247. The van der Waals surface area contributed by atoms with Crippen LogP contribution in [0.1, 0.15) is 37.3 Å². The van der Waals surface area contributed by atoms with Crippen LogP contribution in [0.4, 0.5) is 0 Å². The van der Waals surface area contributed by atoms with E-state index in [-0.39, 0.29) is 17.9 Å². The number of nitrogens with one attached hydrogen (secondary N) is 1. The smallest absolute Gasteiger partial charge is 0.222 e. The molecule has 2 heterocycles. The highest BCUT2D eigenvalue weighted by Gasteiger charge is 2.28. The lowest BCUT2D eigenvalue weighted by atomic mass is 9.91. The Balaban J connectivity index is 1.64. The Labute approximate surface area is 131 Å². The van der Waals surface area contributed by atoms with Gasteiger partial charge in [0.1, 0.15) is 11.5 Å². The fourth-order valence-electron chi connectivity index (χ4n) is 3.05. The highest BCUT2D eigenvalue weighted by atomic mass is 16.5. The first-order valence-electron chi connectivity index (χ1n) is 8.20. The van der Waals surface area contributed by atoms with Gasteiger partial charge >= 0.3 is 0 Å². The number of rotatable bonds is 4. The molecule has 1 atom stereocenters. The molecule has 0 spiro atoms. The van der Waals surface area contributed by atoms with Crippen molar-refractivity contribution in [3.63, 3.8) is 0 Å². The Morgan fingerprint density at radius 2 is 2.18 bits per heavy atom. The van der Waals surface area contributed by atoms with Crippen LogP contribution in [0.2, 0.25) is 0 Å². The minimum atomic E-state index is 0.0247. The normalized spacial score (nSPS) is 22.6. The predicted molar refractivity (Wildman–Crippen MR) is 81.4 cm³/mol. The van der Waals surface area contributed by atoms with E-state index >= 15 is 0 Å². The highest BCUT2D eigenvalue weighted by molar-refractivity contribution is 5.78. The van der Waals surface area contributed by atoms with Crippen molar-refractivity contribution in [3.05, 3.63) is 17.0 Å². The number of fused-ring (bicyclic) bond motifs is 1. The maximum atomic E-state index is 11.9. The van der Waals surface area contributed by atoms with E-state index in [1.54, 1.807) is 0 Å². The molecule has 1 unspecified atom stereocenters. The van der Waals surface area contributed by atoms with Crippen LogP contribution in [0.25, 0.3) is 0 Å². The number of carbonyl (C=O) groups excluding carboxylic acids is 1.